The highest BCUT2D eigenvalue weighted by Gasteiger charge is 1.78. The molecule has 0 saturated carbocycles. The van der Waals surface area contributed by atoms with E-state index < -0.39 is 0 Å². The van der Waals surface area contributed by atoms with Gasteiger partial charge in [0.1, 0.15) is 0 Å². The van der Waals surface area contributed by atoms with Gasteiger partial charge >= 0.3 is 0 Å². The molecule has 0 aliphatic carbocycles. The molecule has 0 heteroatoms. The summed E-state index contributed by atoms with van der Waals surface area (Å²) in [4.78, 5) is 0. The van der Waals surface area contributed by atoms with Crippen molar-refractivity contribution in [3.05, 3.63) is 66.3 Å². The van der Waals surface area contributed by atoms with E-state index in [1.807, 2.05) is 30.4 Å². The van der Waals surface area contributed by atoms with Crippen LogP contribution in [-0.2, 0) is 0 Å². The van der Waals surface area contributed by atoms with E-state index in [-0.39, 0.29) is 0 Å². The standard InChI is InChI=1S/C14H16/c1-2-3-4-5-6-8-11-14-12-9-7-10-13-14/h3-13H,2H2,1H3/b4-3+,6-5-,11-8-. The first kappa shape index (κ1) is 10.5. The van der Waals surface area contributed by atoms with Gasteiger partial charge < -0.3 is 0 Å². The van der Waals surface area contributed by atoms with Crippen molar-refractivity contribution >= 4 is 6.08 Å². The van der Waals surface area contributed by atoms with Crippen LogP contribution >= 0.6 is 0 Å². The van der Waals surface area contributed by atoms with Crippen LogP contribution in [0.2, 0.25) is 0 Å². The lowest BCUT2D eigenvalue weighted by atomic mass is 10.2. The lowest BCUT2D eigenvalue weighted by molar-refractivity contribution is 1.22. The largest absolute Gasteiger partial charge is 0.0848 e. The number of hydrogen-bond acceptors (Lipinski definition) is 0. The lowest BCUT2D eigenvalue weighted by Crippen LogP contribution is -1.66. The highest BCUT2D eigenvalue weighted by molar-refractivity contribution is 5.50. The molecule has 0 heterocycles. The van der Waals surface area contributed by atoms with Crippen molar-refractivity contribution in [2.45, 2.75) is 13.3 Å². The van der Waals surface area contributed by atoms with Crippen LogP contribution in [0, 0.1) is 0 Å². The third-order valence-corrected chi connectivity index (χ3v) is 1.79. The van der Waals surface area contributed by atoms with Crippen molar-refractivity contribution in [2.75, 3.05) is 0 Å². The van der Waals surface area contributed by atoms with Gasteiger partial charge in [0, 0.05) is 0 Å². The Kier molecular flexibility index (Phi) is 5.19. The summed E-state index contributed by atoms with van der Waals surface area (Å²) < 4.78 is 0. The van der Waals surface area contributed by atoms with Gasteiger partial charge in [0.25, 0.3) is 0 Å². The van der Waals surface area contributed by atoms with Gasteiger partial charge in [-0.1, -0.05) is 73.7 Å². The van der Waals surface area contributed by atoms with Gasteiger partial charge in [-0.2, -0.15) is 0 Å². The molecule has 0 saturated heterocycles. The van der Waals surface area contributed by atoms with Crippen molar-refractivity contribution in [1.82, 2.24) is 0 Å². The molecule has 14 heavy (non-hydrogen) atoms. The van der Waals surface area contributed by atoms with Crippen LogP contribution in [0.4, 0.5) is 0 Å². The van der Waals surface area contributed by atoms with E-state index in [0.717, 1.165) is 6.42 Å². The van der Waals surface area contributed by atoms with E-state index >= 15 is 0 Å². The number of rotatable bonds is 4. The van der Waals surface area contributed by atoms with Gasteiger partial charge in [0.15, 0.2) is 0 Å². The van der Waals surface area contributed by atoms with Crippen LogP contribution in [0.25, 0.3) is 6.08 Å². The van der Waals surface area contributed by atoms with Crippen LogP contribution in [0.1, 0.15) is 18.9 Å². The van der Waals surface area contributed by atoms with E-state index in [1.54, 1.807) is 0 Å². The predicted molar refractivity (Wildman–Crippen MR) is 64.0 cm³/mol. The zero-order valence-electron chi connectivity index (χ0n) is 8.56. The summed E-state index contributed by atoms with van der Waals surface area (Å²) in [7, 11) is 0. The molecule has 0 spiro atoms. The van der Waals surface area contributed by atoms with Gasteiger partial charge in [0.2, 0.25) is 0 Å². The summed E-state index contributed by atoms with van der Waals surface area (Å²) in [6, 6.07) is 10.3. The summed E-state index contributed by atoms with van der Waals surface area (Å²) in [5.74, 6) is 0. The van der Waals surface area contributed by atoms with Gasteiger partial charge in [0.05, 0.1) is 0 Å². The molecule has 0 aromatic heterocycles. The Labute approximate surface area is 86.3 Å². The quantitative estimate of drug-likeness (QED) is 0.614. The first-order valence-corrected chi connectivity index (χ1v) is 4.98. The highest BCUT2D eigenvalue weighted by Crippen LogP contribution is 2.00. The van der Waals surface area contributed by atoms with Crippen LogP contribution < -0.4 is 0 Å². The molecule has 0 amide bonds. The molecular weight excluding hydrogens is 168 g/mol. The molecule has 1 aromatic rings. The summed E-state index contributed by atoms with van der Waals surface area (Å²) in [6.45, 7) is 2.13. The average molecular weight is 184 g/mol. The molecule has 0 radical (unpaired) electrons. The van der Waals surface area contributed by atoms with Gasteiger partial charge in [-0.3, -0.25) is 0 Å². The number of benzene rings is 1. The number of hydrogen-bond donors (Lipinski definition) is 0. The normalized spacial score (nSPS) is 12.1. The molecule has 72 valence electrons. The fraction of sp³-hybridized carbons (Fsp3) is 0.143. The molecule has 0 nitrogen and oxygen atoms in total. The van der Waals surface area contributed by atoms with Gasteiger partial charge in [-0.15, -0.1) is 0 Å². The Morgan fingerprint density at radius 1 is 0.929 bits per heavy atom. The molecular formula is C14H16. The zero-order valence-corrected chi connectivity index (χ0v) is 8.56. The molecule has 1 rings (SSSR count). The molecule has 0 N–H and O–H groups in total. The third-order valence-electron chi connectivity index (χ3n) is 1.79. The summed E-state index contributed by atoms with van der Waals surface area (Å²) >= 11 is 0. The fourth-order valence-electron chi connectivity index (χ4n) is 1.07. The van der Waals surface area contributed by atoms with E-state index in [0.29, 0.717) is 0 Å². The smallest absolute Gasteiger partial charge is 0.0257 e. The average Bonchev–Trinajstić information content (AvgIpc) is 2.25. The van der Waals surface area contributed by atoms with E-state index in [4.69, 9.17) is 0 Å². The second-order valence-corrected chi connectivity index (χ2v) is 2.99. The van der Waals surface area contributed by atoms with E-state index in [2.05, 4.69) is 43.4 Å². The Balaban J connectivity index is 2.42. The van der Waals surface area contributed by atoms with Gasteiger partial charge in [-0.25, -0.2) is 0 Å². The molecule has 0 unspecified atom stereocenters. The van der Waals surface area contributed by atoms with Crippen molar-refractivity contribution in [2.24, 2.45) is 0 Å². The second-order valence-electron chi connectivity index (χ2n) is 2.99. The minimum Gasteiger partial charge on any atom is -0.0848 e. The number of allylic oxidation sites excluding steroid dienone is 5. The second kappa shape index (κ2) is 6.90. The Bertz CT molecular complexity index is 315. The van der Waals surface area contributed by atoms with Crippen molar-refractivity contribution in [3.63, 3.8) is 0 Å². The fourth-order valence-corrected chi connectivity index (χ4v) is 1.07. The van der Waals surface area contributed by atoms with E-state index in [1.165, 1.54) is 5.56 Å². The van der Waals surface area contributed by atoms with Crippen molar-refractivity contribution < 1.29 is 0 Å². The Morgan fingerprint density at radius 3 is 2.36 bits per heavy atom. The van der Waals surface area contributed by atoms with Crippen LogP contribution in [0.3, 0.4) is 0 Å². The Hall–Kier alpha value is -1.56. The van der Waals surface area contributed by atoms with Crippen LogP contribution in [0.15, 0.2) is 60.7 Å². The van der Waals surface area contributed by atoms with Crippen molar-refractivity contribution in [1.29, 1.82) is 0 Å². The van der Waals surface area contributed by atoms with Gasteiger partial charge in [-0.05, 0) is 12.0 Å². The monoisotopic (exact) mass is 184 g/mol. The summed E-state index contributed by atoms with van der Waals surface area (Å²) in [6.07, 6.45) is 13.5. The minimum atomic E-state index is 1.09. The molecule has 0 fully saturated rings. The lowest BCUT2D eigenvalue weighted by Gasteiger charge is -1.87. The van der Waals surface area contributed by atoms with Crippen LogP contribution in [-0.4, -0.2) is 0 Å². The zero-order chi connectivity index (χ0) is 10.1. The maximum absolute atomic E-state index is 2.13. The van der Waals surface area contributed by atoms with Crippen molar-refractivity contribution in [3.8, 4) is 0 Å². The third kappa shape index (κ3) is 4.46. The Morgan fingerprint density at radius 2 is 1.64 bits per heavy atom. The predicted octanol–water partition coefficient (Wildman–Crippen LogP) is 4.22. The van der Waals surface area contributed by atoms with Crippen LogP contribution in [0.5, 0.6) is 0 Å². The molecule has 1 aromatic carbocycles. The highest BCUT2D eigenvalue weighted by atomic mass is 13.8. The summed E-state index contributed by atoms with van der Waals surface area (Å²) in [5.41, 5.74) is 1.23. The minimum absolute atomic E-state index is 1.09. The molecule has 0 aliphatic heterocycles. The maximum Gasteiger partial charge on any atom is -0.0257 e. The molecule has 0 bridgehead atoms. The molecule has 0 atom stereocenters. The molecule has 0 aliphatic rings. The topological polar surface area (TPSA) is 0 Å². The summed E-state index contributed by atoms with van der Waals surface area (Å²) in [5, 5.41) is 0. The maximum atomic E-state index is 2.13. The van der Waals surface area contributed by atoms with E-state index in [9.17, 15) is 0 Å². The SMILES string of the molecule is CC/C=C/C=C\C=C/c1ccccc1. The first-order chi connectivity index (χ1) is 6.93. The first-order valence-electron chi connectivity index (χ1n) is 4.98.